The van der Waals surface area contributed by atoms with Crippen molar-refractivity contribution in [2.75, 3.05) is 24.6 Å². The van der Waals surface area contributed by atoms with Crippen LogP contribution in [-0.4, -0.2) is 34.8 Å². The van der Waals surface area contributed by atoms with Gasteiger partial charge >= 0.3 is 6.18 Å². The molecule has 18 heavy (non-hydrogen) atoms. The number of aliphatic hydroxyl groups is 1. The van der Waals surface area contributed by atoms with E-state index >= 15 is 0 Å². The molecule has 1 aliphatic rings. The molecule has 1 N–H and O–H groups in total. The van der Waals surface area contributed by atoms with Gasteiger partial charge in [-0.25, -0.2) is 9.97 Å². The highest BCUT2D eigenvalue weighted by Gasteiger charge is 2.33. The number of halogens is 3. The molecule has 0 spiro atoms. The lowest BCUT2D eigenvalue weighted by atomic mass is 9.98. The number of piperidine rings is 1. The molecule has 7 heteroatoms. The van der Waals surface area contributed by atoms with Crippen molar-refractivity contribution in [2.45, 2.75) is 19.0 Å². The minimum Gasteiger partial charge on any atom is -0.396 e. The topological polar surface area (TPSA) is 49.2 Å². The molecule has 2 rings (SSSR count). The zero-order chi connectivity index (χ0) is 13.2. The number of hydrogen-bond donors (Lipinski definition) is 1. The quantitative estimate of drug-likeness (QED) is 0.880. The predicted octanol–water partition coefficient (Wildman–Crippen LogP) is 1.70. The monoisotopic (exact) mass is 261 g/mol. The van der Waals surface area contributed by atoms with Crippen molar-refractivity contribution < 1.29 is 18.3 Å². The van der Waals surface area contributed by atoms with Crippen molar-refractivity contribution in [3.63, 3.8) is 0 Å². The van der Waals surface area contributed by atoms with Gasteiger partial charge in [0.1, 0.15) is 17.8 Å². The summed E-state index contributed by atoms with van der Waals surface area (Å²) < 4.78 is 37.5. The van der Waals surface area contributed by atoms with Crippen molar-refractivity contribution in [1.82, 2.24) is 9.97 Å². The summed E-state index contributed by atoms with van der Waals surface area (Å²) in [6.07, 6.45) is -1.97. The fraction of sp³-hybridized carbons (Fsp3) is 0.636. The van der Waals surface area contributed by atoms with Crippen LogP contribution in [0.2, 0.25) is 0 Å². The molecule has 0 unspecified atom stereocenters. The third-order valence-corrected chi connectivity index (χ3v) is 3.14. The second-order valence-corrected chi connectivity index (χ2v) is 4.37. The first-order valence-electron chi connectivity index (χ1n) is 5.75. The van der Waals surface area contributed by atoms with Gasteiger partial charge in [-0.05, 0) is 18.8 Å². The van der Waals surface area contributed by atoms with E-state index in [0.717, 1.165) is 25.2 Å². The third-order valence-electron chi connectivity index (χ3n) is 3.14. The van der Waals surface area contributed by atoms with Gasteiger partial charge in [0.05, 0.1) is 0 Å². The predicted molar refractivity (Wildman–Crippen MR) is 59.1 cm³/mol. The summed E-state index contributed by atoms with van der Waals surface area (Å²) in [5.41, 5.74) is -0.920. The molecule has 1 saturated heterocycles. The SMILES string of the molecule is OCC1CCN(c2cc(C(F)(F)F)ncn2)CC1. The molecular weight excluding hydrogens is 247 g/mol. The molecule has 0 aliphatic carbocycles. The number of aliphatic hydroxyl groups excluding tert-OH is 1. The summed E-state index contributed by atoms with van der Waals surface area (Å²) in [4.78, 5) is 8.91. The van der Waals surface area contributed by atoms with Gasteiger partial charge in [-0.15, -0.1) is 0 Å². The average Bonchev–Trinajstić information content (AvgIpc) is 2.38. The molecule has 0 aromatic carbocycles. The highest BCUT2D eigenvalue weighted by atomic mass is 19.4. The Morgan fingerprint density at radius 3 is 2.50 bits per heavy atom. The van der Waals surface area contributed by atoms with E-state index in [4.69, 9.17) is 5.11 Å². The smallest absolute Gasteiger partial charge is 0.396 e. The van der Waals surface area contributed by atoms with Crippen LogP contribution >= 0.6 is 0 Å². The van der Waals surface area contributed by atoms with Gasteiger partial charge in [0.25, 0.3) is 0 Å². The number of aromatic nitrogens is 2. The van der Waals surface area contributed by atoms with Crippen molar-refractivity contribution in [3.8, 4) is 0 Å². The highest BCUT2D eigenvalue weighted by Crippen LogP contribution is 2.30. The van der Waals surface area contributed by atoms with Crippen molar-refractivity contribution in [1.29, 1.82) is 0 Å². The molecule has 0 amide bonds. The van der Waals surface area contributed by atoms with E-state index < -0.39 is 11.9 Å². The van der Waals surface area contributed by atoms with Crippen LogP contribution in [0.5, 0.6) is 0 Å². The van der Waals surface area contributed by atoms with E-state index in [1.165, 1.54) is 0 Å². The molecule has 4 nitrogen and oxygen atoms in total. The second-order valence-electron chi connectivity index (χ2n) is 4.37. The fourth-order valence-electron chi connectivity index (χ4n) is 2.02. The van der Waals surface area contributed by atoms with Gasteiger partial charge in [-0.3, -0.25) is 0 Å². The summed E-state index contributed by atoms with van der Waals surface area (Å²) in [5.74, 6) is 0.541. The normalized spacial score (nSPS) is 18.1. The number of alkyl halides is 3. The van der Waals surface area contributed by atoms with Gasteiger partial charge in [0, 0.05) is 25.8 Å². The van der Waals surface area contributed by atoms with Crippen LogP contribution in [0.15, 0.2) is 12.4 Å². The molecule has 100 valence electrons. The van der Waals surface area contributed by atoms with E-state index in [9.17, 15) is 13.2 Å². The minimum atomic E-state index is -4.44. The molecule has 0 saturated carbocycles. The Labute approximate surface area is 102 Å². The second kappa shape index (κ2) is 5.09. The Kier molecular flexibility index (Phi) is 3.70. The van der Waals surface area contributed by atoms with Crippen molar-refractivity contribution >= 4 is 5.82 Å². The maximum atomic E-state index is 12.5. The molecule has 0 radical (unpaired) electrons. The van der Waals surface area contributed by atoms with E-state index in [1.54, 1.807) is 4.90 Å². The minimum absolute atomic E-state index is 0.130. The Morgan fingerprint density at radius 1 is 1.28 bits per heavy atom. The lowest BCUT2D eigenvalue weighted by molar-refractivity contribution is -0.141. The van der Waals surface area contributed by atoms with Crippen molar-refractivity contribution in [2.24, 2.45) is 5.92 Å². The Balaban J connectivity index is 2.10. The zero-order valence-corrected chi connectivity index (χ0v) is 9.69. The Morgan fingerprint density at radius 2 is 1.94 bits per heavy atom. The lowest BCUT2D eigenvalue weighted by Crippen LogP contribution is -2.35. The van der Waals surface area contributed by atoms with E-state index in [1.807, 2.05) is 0 Å². The molecule has 0 bridgehead atoms. The molecular formula is C11H14F3N3O. The maximum absolute atomic E-state index is 12.5. The molecule has 2 heterocycles. The number of anilines is 1. The van der Waals surface area contributed by atoms with Crippen LogP contribution < -0.4 is 4.90 Å². The molecule has 1 aromatic rings. The Bertz CT molecular complexity index is 403. The van der Waals surface area contributed by atoms with Gasteiger partial charge < -0.3 is 10.0 Å². The van der Waals surface area contributed by atoms with Gasteiger partial charge in [0.2, 0.25) is 0 Å². The van der Waals surface area contributed by atoms with Crippen LogP contribution in [0.3, 0.4) is 0 Å². The fourth-order valence-corrected chi connectivity index (χ4v) is 2.02. The zero-order valence-electron chi connectivity index (χ0n) is 9.69. The van der Waals surface area contributed by atoms with Crippen LogP contribution in [-0.2, 0) is 6.18 Å². The summed E-state index contributed by atoms with van der Waals surface area (Å²) in [6.45, 7) is 1.35. The molecule has 1 fully saturated rings. The van der Waals surface area contributed by atoms with Crippen LogP contribution in [0, 0.1) is 5.92 Å². The first kappa shape index (κ1) is 13.1. The first-order valence-corrected chi connectivity index (χ1v) is 5.75. The van der Waals surface area contributed by atoms with Gasteiger partial charge in [-0.2, -0.15) is 13.2 Å². The summed E-state index contributed by atoms with van der Waals surface area (Å²) in [7, 11) is 0. The van der Waals surface area contributed by atoms with E-state index in [0.29, 0.717) is 18.9 Å². The van der Waals surface area contributed by atoms with Gasteiger partial charge in [-0.1, -0.05) is 0 Å². The molecule has 1 aromatic heterocycles. The van der Waals surface area contributed by atoms with Crippen LogP contribution in [0.4, 0.5) is 19.0 Å². The van der Waals surface area contributed by atoms with E-state index in [2.05, 4.69) is 9.97 Å². The number of nitrogens with zero attached hydrogens (tertiary/aromatic N) is 3. The molecule has 1 aliphatic heterocycles. The van der Waals surface area contributed by atoms with Gasteiger partial charge in [0.15, 0.2) is 0 Å². The summed E-state index contributed by atoms with van der Waals surface area (Å²) >= 11 is 0. The van der Waals surface area contributed by atoms with Crippen LogP contribution in [0.1, 0.15) is 18.5 Å². The third kappa shape index (κ3) is 2.90. The highest BCUT2D eigenvalue weighted by molar-refractivity contribution is 5.39. The standard InChI is InChI=1S/C11H14F3N3O/c12-11(13,14)9-5-10(16-7-15-9)17-3-1-8(6-18)2-4-17/h5,7-8,18H,1-4,6H2. The number of rotatable bonds is 2. The average molecular weight is 261 g/mol. The molecule has 0 atom stereocenters. The first-order chi connectivity index (χ1) is 8.50. The maximum Gasteiger partial charge on any atom is 0.433 e. The summed E-state index contributed by atoms with van der Waals surface area (Å²) in [5, 5.41) is 9.01. The van der Waals surface area contributed by atoms with Crippen LogP contribution in [0.25, 0.3) is 0 Å². The lowest BCUT2D eigenvalue weighted by Gasteiger charge is -2.32. The Hall–Kier alpha value is -1.37. The summed E-state index contributed by atoms with van der Waals surface area (Å²) in [6, 6.07) is 0.972. The largest absolute Gasteiger partial charge is 0.433 e. The van der Waals surface area contributed by atoms with Crippen molar-refractivity contribution in [3.05, 3.63) is 18.1 Å². The number of hydrogen-bond acceptors (Lipinski definition) is 4. The van der Waals surface area contributed by atoms with E-state index in [-0.39, 0.29) is 12.5 Å².